The van der Waals surface area contributed by atoms with Gasteiger partial charge in [-0.2, -0.15) is 0 Å². The van der Waals surface area contributed by atoms with Gasteiger partial charge in [-0.15, -0.1) is 0 Å². The van der Waals surface area contributed by atoms with Crippen molar-refractivity contribution in [2.24, 2.45) is 0 Å². The molecule has 0 aromatic heterocycles. The number of benzene rings is 1. The molecule has 17 heavy (non-hydrogen) atoms. The Bertz CT molecular complexity index is 428. The van der Waals surface area contributed by atoms with Crippen LogP contribution in [0.4, 0.5) is 0 Å². The average Bonchev–Trinajstić information content (AvgIpc) is 2.30. The summed E-state index contributed by atoms with van der Waals surface area (Å²) in [5.41, 5.74) is 0.341. The summed E-state index contributed by atoms with van der Waals surface area (Å²) in [5.74, 6) is -0.397. The SMILES string of the molecule is O=C(NCC(O)CO)c1cc(Cl)cc(Cl)c1I. The van der Waals surface area contributed by atoms with Crippen molar-refractivity contribution in [1.82, 2.24) is 5.32 Å². The maximum absolute atomic E-state index is 11.8. The number of carbonyl (C=O) groups is 1. The molecule has 1 aromatic rings. The fourth-order valence-electron chi connectivity index (χ4n) is 1.09. The minimum atomic E-state index is -0.980. The van der Waals surface area contributed by atoms with Gasteiger partial charge in [-0.05, 0) is 34.7 Å². The van der Waals surface area contributed by atoms with Crippen molar-refractivity contribution in [3.8, 4) is 0 Å². The van der Waals surface area contributed by atoms with Crippen LogP contribution in [0, 0.1) is 3.57 Å². The molecular formula is C10H10Cl2INO3. The summed E-state index contributed by atoms with van der Waals surface area (Å²) >= 11 is 13.6. The molecule has 1 amide bonds. The summed E-state index contributed by atoms with van der Waals surface area (Å²) in [7, 11) is 0. The highest BCUT2D eigenvalue weighted by Gasteiger charge is 2.14. The van der Waals surface area contributed by atoms with E-state index in [1.165, 1.54) is 6.07 Å². The predicted octanol–water partition coefficient (Wildman–Crippen LogP) is 1.68. The van der Waals surface area contributed by atoms with Crippen LogP contribution in [0.15, 0.2) is 12.1 Å². The Morgan fingerprint density at radius 1 is 1.47 bits per heavy atom. The number of aliphatic hydroxyl groups is 2. The molecule has 4 nitrogen and oxygen atoms in total. The predicted molar refractivity (Wildman–Crippen MR) is 74.6 cm³/mol. The van der Waals surface area contributed by atoms with Gasteiger partial charge in [-0.25, -0.2) is 0 Å². The van der Waals surface area contributed by atoms with E-state index in [-0.39, 0.29) is 6.54 Å². The van der Waals surface area contributed by atoms with Gasteiger partial charge in [0.15, 0.2) is 0 Å². The number of rotatable bonds is 4. The van der Waals surface area contributed by atoms with Crippen molar-refractivity contribution in [1.29, 1.82) is 0 Å². The van der Waals surface area contributed by atoms with E-state index in [0.29, 0.717) is 19.2 Å². The quantitative estimate of drug-likeness (QED) is 0.542. The van der Waals surface area contributed by atoms with Gasteiger partial charge in [0.1, 0.15) is 0 Å². The number of hydrogen-bond acceptors (Lipinski definition) is 3. The molecule has 0 aliphatic heterocycles. The monoisotopic (exact) mass is 389 g/mol. The molecule has 1 unspecified atom stereocenters. The standard InChI is InChI=1S/C10H10Cl2INO3/c11-5-1-7(9(13)8(12)2-5)10(17)14-3-6(16)4-15/h1-2,6,15-16H,3-4H2,(H,14,17). The fraction of sp³-hybridized carbons (Fsp3) is 0.300. The summed E-state index contributed by atoms with van der Waals surface area (Å²) in [6.07, 6.45) is -0.980. The molecule has 0 saturated carbocycles. The molecule has 0 aliphatic carbocycles. The molecule has 0 heterocycles. The molecule has 0 bridgehead atoms. The lowest BCUT2D eigenvalue weighted by Gasteiger charge is -2.11. The van der Waals surface area contributed by atoms with Crippen molar-refractivity contribution in [3.05, 3.63) is 31.3 Å². The van der Waals surface area contributed by atoms with Crippen molar-refractivity contribution in [2.45, 2.75) is 6.10 Å². The second-order valence-electron chi connectivity index (χ2n) is 3.30. The van der Waals surface area contributed by atoms with Crippen LogP contribution in [-0.2, 0) is 0 Å². The first-order valence-corrected chi connectivity index (χ1v) is 6.50. The van der Waals surface area contributed by atoms with Gasteiger partial charge in [0.25, 0.3) is 5.91 Å². The smallest absolute Gasteiger partial charge is 0.252 e. The van der Waals surface area contributed by atoms with Gasteiger partial charge < -0.3 is 15.5 Å². The Labute approximate surface area is 122 Å². The summed E-state index contributed by atoms with van der Waals surface area (Å²) in [5, 5.41) is 21.0. The van der Waals surface area contributed by atoms with Crippen LogP contribution in [0.2, 0.25) is 10.0 Å². The van der Waals surface area contributed by atoms with Gasteiger partial charge in [-0.3, -0.25) is 4.79 Å². The Morgan fingerprint density at radius 3 is 2.71 bits per heavy atom. The highest BCUT2D eigenvalue weighted by atomic mass is 127. The third kappa shape index (κ3) is 4.26. The third-order valence-corrected chi connectivity index (χ3v) is 3.94. The van der Waals surface area contributed by atoms with Crippen molar-refractivity contribution >= 4 is 51.7 Å². The van der Waals surface area contributed by atoms with Crippen LogP contribution in [0.5, 0.6) is 0 Å². The second kappa shape index (κ2) is 6.75. The van der Waals surface area contributed by atoms with Gasteiger partial charge in [0, 0.05) is 15.1 Å². The molecule has 94 valence electrons. The van der Waals surface area contributed by atoms with E-state index in [2.05, 4.69) is 5.32 Å². The summed E-state index contributed by atoms with van der Waals surface area (Å²) < 4.78 is 0.588. The Morgan fingerprint density at radius 2 is 2.12 bits per heavy atom. The number of hydrogen-bond donors (Lipinski definition) is 3. The molecule has 0 radical (unpaired) electrons. The zero-order valence-corrected chi connectivity index (χ0v) is 12.3. The third-order valence-electron chi connectivity index (χ3n) is 1.95. The topological polar surface area (TPSA) is 69.6 Å². The first-order chi connectivity index (χ1) is 7.95. The maximum Gasteiger partial charge on any atom is 0.252 e. The van der Waals surface area contributed by atoms with Crippen molar-refractivity contribution in [3.63, 3.8) is 0 Å². The van der Waals surface area contributed by atoms with Gasteiger partial charge >= 0.3 is 0 Å². The first kappa shape index (κ1) is 15.0. The summed E-state index contributed by atoms with van der Waals surface area (Å²) in [6, 6.07) is 3.04. The van der Waals surface area contributed by atoms with Crippen molar-refractivity contribution in [2.75, 3.05) is 13.2 Å². The molecular weight excluding hydrogens is 380 g/mol. The average molecular weight is 390 g/mol. The van der Waals surface area contributed by atoms with E-state index in [1.807, 2.05) is 22.6 Å². The van der Waals surface area contributed by atoms with Crippen LogP contribution >= 0.6 is 45.8 Å². The zero-order chi connectivity index (χ0) is 13.0. The molecule has 0 aliphatic rings. The lowest BCUT2D eigenvalue weighted by molar-refractivity contribution is 0.0801. The van der Waals surface area contributed by atoms with E-state index < -0.39 is 18.6 Å². The van der Waals surface area contributed by atoms with E-state index in [1.54, 1.807) is 6.07 Å². The summed E-state index contributed by atoms with van der Waals surface area (Å²) in [4.78, 5) is 11.8. The number of amides is 1. The molecule has 3 N–H and O–H groups in total. The van der Waals surface area contributed by atoms with Crippen LogP contribution in [0.1, 0.15) is 10.4 Å². The van der Waals surface area contributed by atoms with Crippen LogP contribution in [-0.4, -0.2) is 35.4 Å². The highest BCUT2D eigenvalue weighted by Crippen LogP contribution is 2.26. The number of carbonyl (C=O) groups excluding carboxylic acids is 1. The van der Waals surface area contributed by atoms with Gasteiger partial charge in [-0.1, -0.05) is 23.2 Å². The van der Waals surface area contributed by atoms with E-state index in [0.717, 1.165) is 0 Å². The Kier molecular flexibility index (Phi) is 5.94. The second-order valence-corrected chi connectivity index (χ2v) is 5.22. The lowest BCUT2D eigenvalue weighted by atomic mass is 10.2. The largest absolute Gasteiger partial charge is 0.394 e. The van der Waals surface area contributed by atoms with Crippen LogP contribution in [0.25, 0.3) is 0 Å². The van der Waals surface area contributed by atoms with E-state index in [4.69, 9.17) is 33.4 Å². The molecule has 0 saturated heterocycles. The van der Waals surface area contributed by atoms with Crippen molar-refractivity contribution < 1.29 is 15.0 Å². The molecule has 1 atom stereocenters. The minimum absolute atomic E-state index is 0.0322. The van der Waals surface area contributed by atoms with E-state index >= 15 is 0 Å². The summed E-state index contributed by atoms with van der Waals surface area (Å²) in [6.45, 7) is -0.441. The van der Waals surface area contributed by atoms with Crippen LogP contribution in [0.3, 0.4) is 0 Å². The molecule has 7 heteroatoms. The minimum Gasteiger partial charge on any atom is -0.394 e. The molecule has 1 aromatic carbocycles. The zero-order valence-electron chi connectivity index (χ0n) is 8.58. The van der Waals surface area contributed by atoms with E-state index in [9.17, 15) is 4.79 Å². The first-order valence-electron chi connectivity index (χ1n) is 4.67. The highest BCUT2D eigenvalue weighted by molar-refractivity contribution is 14.1. The number of halogens is 3. The normalized spacial score (nSPS) is 12.3. The Balaban J connectivity index is 2.82. The Hall–Kier alpha value is -0.0800. The van der Waals surface area contributed by atoms with Gasteiger partial charge in [0.2, 0.25) is 0 Å². The number of aliphatic hydroxyl groups excluding tert-OH is 2. The molecule has 0 fully saturated rings. The number of nitrogens with one attached hydrogen (secondary N) is 1. The molecule has 1 rings (SSSR count). The maximum atomic E-state index is 11.8. The fourth-order valence-corrected chi connectivity index (χ4v) is 2.14. The lowest BCUT2D eigenvalue weighted by Crippen LogP contribution is -2.34. The molecule has 0 spiro atoms. The van der Waals surface area contributed by atoms with Gasteiger partial charge in [0.05, 0.1) is 23.3 Å². The van der Waals surface area contributed by atoms with Crippen LogP contribution < -0.4 is 5.32 Å².